The number of nitrogens with two attached hydrogens (primary N) is 1. The first-order valence-corrected chi connectivity index (χ1v) is 6.42. The number of nitrogens with zero attached hydrogens (tertiary/aromatic N) is 1. The van der Waals surface area contributed by atoms with Gasteiger partial charge >= 0.3 is 18.0 Å². The zero-order valence-electron chi connectivity index (χ0n) is 11.2. The maximum atomic E-state index is 12.2. The van der Waals surface area contributed by atoms with Crippen LogP contribution < -0.4 is 21.3 Å². The fourth-order valence-corrected chi connectivity index (χ4v) is 2.27. The quantitative estimate of drug-likeness (QED) is 0.577. The number of amides is 4. The number of urea groups is 2. The number of aliphatic carboxylic acids is 1. The number of para-hydroxylation sites is 1. The summed E-state index contributed by atoms with van der Waals surface area (Å²) in [4.78, 5) is 35.2. The van der Waals surface area contributed by atoms with Crippen molar-refractivity contribution in [3.63, 3.8) is 0 Å². The minimum Gasteiger partial charge on any atom is -0.480 e. The predicted octanol–water partition coefficient (Wildman–Crippen LogP) is -0.120. The van der Waals surface area contributed by atoms with Gasteiger partial charge in [-0.15, -0.1) is 0 Å². The van der Waals surface area contributed by atoms with Crippen molar-refractivity contribution in [1.29, 1.82) is 0 Å². The Morgan fingerprint density at radius 2 is 1.90 bits per heavy atom. The molecule has 0 saturated heterocycles. The lowest BCUT2D eigenvalue weighted by Gasteiger charge is -2.23. The number of nitrogens with one attached hydrogen (secondary N) is 2. The molecular weight excluding hydrogens is 276 g/mol. The van der Waals surface area contributed by atoms with Gasteiger partial charge < -0.3 is 21.5 Å². The molecule has 8 nitrogen and oxygen atoms in total. The minimum absolute atomic E-state index is 0.160. The summed E-state index contributed by atoms with van der Waals surface area (Å²) in [5.41, 5.74) is 6.31. The lowest BCUT2D eigenvalue weighted by molar-refractivity contribution is -0.138. The van der Waals surface area contributed by atoms with Gasteiger partial charge in [0.2, 0.25) is 0 Å². The van der Waals surface area contributed by atoms with Gasteiger partial charge in [0.15, 0.2) is 0 Å². The van der Waals surface area contributed by atoms with Crippen LogP contribution in [0.2, 0.25) is 0 Å². The third-order valence-corrected chi connectivity index (χ3v) is 3.18. The third-order valence-electron chi connectivity index (χ3n) is 3.18. The lowest BCUT2D eigenvalue weighted by atomic mass is 10.1. The second kappa shape index (κ2) is 6.12. The highest BCUT2D eigenvalue weighted by Crippen LogP contribution is 2.31. The standard InChI is InChI=1S/C13H16N4O4/c14-12(20)15-5-6-16-13(21)17-9-4-2-1-3-8(9)7-10(17)11(18)19/h1-4,10H,5-7H2,(H,16,21)(H,18,19)(H3,14,15,20)/t10-/m0/s1. The normalized spacial score (nSPS) is 16.2. The lowest BCUT2D eigenvalue weighted by Crippen LogP contribution is -2.49. The van der Waals surface area contributed by atoms with Gasteiger partial charge in [0.1, 0.15) is 6.04 Å². The fourth-order valence-electron chi connectivity index (χ4n) is 2.27. The monoisotopic (exact) mass is 292 g/mol. The van der Waals surface area contributed by atoms with Crippen molar-refractivity contribution < 1.29 is 19.5 Å². The van der Waals surface area contributed by atoms with E-state index in [0.717, 1.165) is 5.56 Å². The summed E-state index contributed by atoms with van der Waals surface area (Å²) in [6.07, 6.45) is 0.276. The Balaban J connectivity index is 2.06. The number of carboxylic acids is 1. The molecule has 2 rings (SSSR count). The van der Waals surface area contributed by atoms with Crippen LogP contribution in [0.15, 0.2) is 24.3 Å². The smallest absolute Gasteiger partial charge is 0.327 e. The molecule has 21 heavy (non-hydrogen) atoms. The number of fused-ring (bicyclic) bond motifs is 1. The molecule has 1 aliphatic heterocycles. The third kappa shape index (κ3) is 3.22. The Hall–Kier alpha value is -2.77. The Labute approximate surface area is 120 Å². The van der Waals surface area contributed by atoms with Gasteiger partial charge in [0, 0.05) is 25.2 Å². The number of hydrogen-bond donors (Lipinski definition) is 4. The molecule has 0 fully saturated rings. The number of carbonyl (C=O) groups excluding carboxylic acids is 2. The van der Waals surface area contributed by atoms with Gasteiger partial charge in [0.25, 0.3) is 0 Å². The topological polar surface area (TPSA) is 125 Å². The maximum Gasteiger partial charge on any atom is 0.327 e. The fraction of sp³-hybridized carbons (Fsp3) is 0.308. The van der Waals surface area contributed by atoms with E-state index in [-0.39, 0.29) is 19.5 Å². The molecule has 1 aromatic carbocycles. The average molecular weight is 292 g/mol. The first-order valence-electron chi connectivity index (χ1n) is 6.42. The molecule has 0 unspecified atom stereocenters. The Morgan fingerprint density at radius 3 is 2.57 bits per heavy atom. The summed E-state index contributed by atoms with van der Waals surface area (Å²) in [5, 5.41) is 14.1. The molecule has 8 heteroatoms. The molecule has 0 saturated carbocycles. The van der Waals surface area contributed by atoms with Crippen LogP contribution >= 0.6 is 0 Å². The summed E-state index contributed by atoms with van der Waals surface area (Å²) in [6, 6.07) is 4.94. The highest BCUT2D eigenvalue weighted by Gasteiger charge is 2.38. The van der Waals surface area contributed by atoms with Crippen LogP contribution in [-0.2, 0) is 11.2 Å². The number of benzene rings is 1. The van der Waals surface area contributed by atoms with E-state index in [9.17, 15) is 19.5 Å². The van der Waals surface area contributed by atoms with Crippen LogP contribution in [0, 0.1) is 0 Å². The van der Waals surface area contributed by atoms with E-state index in [2.05, 4.69) is 10.6 Å². The van der Waals surface area contributed by atoms with E-state index in [1.54, 1.807) is 24.3 Å². The maximum absolute atomic E-state index is 12.2. The molecule has 1 aromatic rings. The summed E-state index contributed by atoms with van der Waals surface area (Å²) >= 11 is 0. The van der Waals surface area contributed by atoms with Gasteiger partial charge in [-0.25, -0.2) is 14.4 Å². The van der Waals surface area contributed by atoms with E-state index in [1.165, 1.54) is 4.90 Å². The van der Waals surface area contributed by atoms with E-state index < -0.39 is 24.1 Å². The van der Waals surface area contributed by atoms with Gasteiger partial charge in [-0.1, -0.05) is 18.2 Å². The molecule has 5 N–H and O–H groups in total. The Kier molecular flexibility index (Phi) is 4.27. The van der Waals surface area contributed by atoms with Crippen LogP contribution in [-0.4, -0.2) is 42.3 Å². The van der Waals surface area contributed by atoms with Crippen LogP contribution in [0.25, 0.3) is 0 Å². The number of carboxylic acid groups (broad SMARTS) is 1. The molecule has 0 bridgehead atoms. The van der Waals surface area contributed by atoms with Crippen LogP contribution in [0.3, 0.4) is 0 Å². The second-order valence-corrected chi connectivity index (χ2v) is 4.58. The highest BCUT2D eigenvalue weighted by atomic mass is 16.4. The highest BCUT2D eigenvalue weighted by molar-refractivity contribution is 6.01. The summed E-state index contributed by atoms with van der Waals surface area (Å²) in [7, 11) is 0. The van der Waals surface area contributed by atoms with E-state index in [0.29, 0.717) is 5.69 Å². The van der Waals surface area contributed by atoms with Crippen LogP contribution in [0.4, 0.5) is 15.3 Å². The minimum atomic E-state index is -1.06. The van der Waals surface area contributed by atoms with Crippen molar-refractivity contribution in [3.8, 4) is 0 Å². The molecule has 1 atom stereocenters. The van der Waals surface area contributed by atoms with Crippen molar-refractivity contribution in [2.24, 2.45) is 5.73 Å². The average Bonchev–Trinajstić information content (AvgIpc) is 2.83. The Morgan fingerprint density at radius 1 is 1.24 bits per heavy atom. The van der Waals surface area contributed by atoms with Crippen molar-refractivity contribution in [3.05, 3.63) is 29.8 Å². The number of anilines is 1. The molecule has 0 aromatic heterocycles. The molecule has 1 aliphatic rings. The van der Waals surface area contributed by atoms with Gasteiger partial charge in [0.05, 0.1) is 0 Å². The van der Waals surface area contributed by atoms with Crippen molar-refractivity contribution in [2.75, 3.05) is 18.0 Å². The van der Waals surface area contributed by atoms with E-state index in [4.69, 9.17) is 5.73 Å². The van der Waals surface area contributed by atoms with Crippen LogP contribution in [0.5, 0.6) is 0 Å². The van der Waals surface area contributed by atoms with Gasteiger partial charge in [-0.2, -0.15) is 0 Å². The van der Waals surface area contributed by atoms with E-state index >= 15 is 0 Å². The molecular formula is C13H16N4O4. The van der Waals surface area contributed by atoms with Crippen LogP contribution in [0.1, 0.15) is 5.56 Å². The van der Waals surface area contributed by atoms with Gasteiger partial charge in [-0.3, -0.25) is 4.90 Å². The zero-order valence-corrected chi connectivity index (χ0v) is 11.2. The summed E-state index contributed by atoms with van der Waals surface area (Å²) in [5.74, 6) is -1.06. The molecule has 0 radical (unpaired) electrons. The molecule has 0 spiro atoms. The number of carbonyl (C=O) groups is 3. The molecule has 112 valence electrons. The number of rotatable bonds is 4. The molecule has 4 amide bonds. The number of primary amides is 1. The van der Waals surface area contributed by atoms with Crippen molar-refractivity contribution >= 4 is 23.7 Å². The Bertz CT molecular complexity index is 575. The summed E-state index contributed by atoms with van der Waals surface area (Å²) in [6.45, 7) is 0.334. The second-order valence-electron chi connectivity index (χ2n) is 4.58. The predicted molar refractivity (Wildman–Crippen MR) is 75.0 cm³/mol. The molecule has 1 heterocycles. The zero-order chi connectivity index (χ0) is 15.4. The first kappa shape index (κ1) is 14.6. The number of hydrogen-bond acceptors (Lipinski definition) is 3. The molecule has 0 aliphatic carbocycles. The van der Waals surface area contributed by atoms with Gasteiger partial charge in [-0.05, 0) is 11.6 Å². The first-order chi connectivity index (χ1) is 10.0. The SMILES string of the molecule is NC(=O)NCCNC(=O)N1c2ccccc2C[C@H]1C(=O)O. The van der Waals surface area contributed by atoms with Crippen molar-refractivity contribution in [1.82, 2.24) is 10.6 Å². The van der Waals surface area contributed by atoms with Crippen molar-refractivity contribution in [2.45, 2.75) is 12.5 Å². The summed E-state index contributed by atoms with van der Waals surface area (Å²) < 4.78 is 0. The largest absolute Gasteiger partial charge is 0.480 e. The van der Waals surface area contributed by atoms with E-state index in [1.807, 2.05) is 0 Å².